The first-order valence-corrected chi connectivity index (χ1v) is 12.0. The average molecular weight is 429 g/mol. The number of amides is 2. The largest absolute Gasteiger partial charge is 0.353 e. The van der Waals surface area contributed by atoms with E-state index in [-0.39, 0.29) is 29.3 Å². The predicted molar refractivity (Wildman–Crippen MR) is 116 cm³/mol. The number of fused-ring (bicyclic) bond motifs is 3. The minimum Gasteiger partial charge on any atom is -0.353 e. The maximum Gasteiger partial charge on any atom is 0.262 e. The fraction of sp³-hybridized carbons (Fsp3) is 0.636. The van der Waals surface area contributed by atoms with E-state index in [1.54, 1.807) is 22.2 Å². The van der Waals surface area contributed by atoms with Crippen LogP contribution in [0.3, 0.4) is 0 Å². The lowest BCUT2D eigenvalue weighted by atomic mass is 9.97. The fourth-order valence-corrected chi connectivity index (χ4v) is 5.87. The molecule has 1 saturated heterocycles. The Kier molecular flexibility index (Phi) is 5.35. The van der Waals surface area contributed by atoms with E-state index < -0.39 is 0 Å². The summed E-state index contributed by atoms with van der Waals surface area (Å²) in [6, 6.07) is 0.182. The number of aryl methyl sites for hydroxylation is 3. The first-order chi connectivity index (χ1) is 14.6. The Morgan fingerprint density at radius 3 is 2.67 bits per heavy atom. The van der Waals surface area contributed by atoms with Crippen LogP contribution in [0.4, 0.5) is 0 Å². The van der Waals surface area contributed by atoms with Gasteiger partial charge in [0.15, 0.2) is 0 Å². The number of nitrogens with one attached hydrogen (secondary N) is 1. The number of likely N-dealkylation sites (tertiary alicyclic amines) is 1. The van der Waals surface area contributed by atoms with Crippen molar-refractivity contribution in [2.45, 2.75) is 70.4 Å². The van der Waals surface area contributed by atoms with Crippen LogP contribution in [0.5, 0.6) is 0 Å². The molecular weight excluding hydrogens is 400 g/mol. The molecule has 1 saturated carbocycles. The third kappa shape index (κ3) is 3.89. The SMILES string of the molecule is O=C(NC1CCN(C(=O)CCn2cnc3sc4c(c3c2=O)CCCC4)CC1)C1CC1. The zero-order chi connectivity index (χ0) is 20.7. The van der Waals surface area contributed by atoms with Crippen molar-refractivity contribution in [1.29, 1.82) is 0 Å². The molecule has 3 heterocycles. The summed E-state index contributed by atoms with van der Waals surface area (Å²) in [6.07, 6.45) is 9.85. The standard InChI is InChI=1S/C22H28N4O3S/c27-18(25-10-7-15(8-11-25)24-20(28)14-5-6-14)9-12-26-13-23-21-19(22(26)29)16-3-1-2-4-17(16)30-21/h13-15H,1-12H2,(H,24,28). The monoisotopic (exact) mass is 428 g/mol. The fourth-order valence-electron chi connectivity index (χ4n) is 4.65. The normalized spacial score (nSPS) is 19.7. The molecule has 7 nitrogen and oxygen atoms in total. The van der Waals surface area contributed by atoms with Crippen molar-refractivity contribution in [2.24, 2.45) is 5.92 Å². The Morgan fingerprint density at radius 2 is 1.90 bits per heavy atom. The molecule has 5 rings (SSSR count). The molecule has 2 aliphatic carbocycles. The van der Waals surface area contributed by atoms with E-state index in [2.05, 4.69) is 10.3 Å². The van der Waals surface area contributed by atoms with Gasteiger partial charge in [-0.3, -0.25) is 19.0 Å². The molecule has 0 radical (unpaired) electrons. The molecule has 2 aromatic heterocycles. The topological polar surface area (TPSA) is 84.3 Å². The lowest BCUT2D eigenvalue weighted by molar-refractivity contribution is -0.132. The molecule has 2 fully saturated rings. The number of hydrogen-bond acceptors (Lipinski definition) is 5. The number of thiophene rings is 1. The van der Waals surface area contributed by atoms with Gasteiger partial charge in [0.25, 0.3) is 5.56 Å². The molecule has 0 spiro atoms. The summed E-state index contributed by atoms with van der Waals surface area (Å²) in [7, 11) is 0. The van der Waals surface area contributed by atoms with Gasteiger partial charge in [-0.2, -0.15) is 0 Å². The second-order valence-corrected chi connectivity index (χ2v) is 9.91. The lowest BCUT2D eigenvalue weighted by Gasteiger charge is -2.32. The van der Waals surface area contributed by atoms with Crippen LogP contribution in [0.2, 0.25) is 0 Å². The smallest absolute Gasteiger partial charge is 0.262 e. The molecule has 0 bridgehead atoms. The van der Waals surface area contributed by atoms with Crippen LogP contribution >= 0.6 is 11.3 Å². The number of aromatic nitrogens is 2. The van der Waals surface area contributed by atoms with Gasteiger partial charge in [-0.1, -0.05) is 0 Å². The average Bonchev–Trinajstić information content (AvgIpc) is 3.54. The predicted octanol–water partition coefficient (Wildman–Crippen LogP) is 2.24. The van der Waals surface area contributed by atoms with E-state index in [4.69, 9.17) is 0 Å². The van der Waals surface area contributed by atoms with Crippen molar-refractivity contribution in [3.63, 3.8) is 0 Å². The van der Waals surface area contributed by atoms with Crippen LogP contribution in [0, 0.1) is 5.92 Å². The Labute approximate surface area is 179 Å². The maximum absolute atomic E-state index is 13.0. The highest BCUT2D eigenvalue weighted by atomic mass is 32.1. The van der Waals surface area contributed by atoms with E-state index in [0.29, 0.717) is 26.1 Å². The van der Waals surface area contributed by atoms with Crippen LogP contribution < -0.4 is 10.9 Å². The third-order valence-corrected chi connectivity index (χ3v) is 7.85. The lowest BCUT2D eigenvalue weighted by Crippen LogP contribution is -2.47. The van der Waals surface area contributed by atoms with E-state index in [1.165, 1.54) is 16.9 Å². The number of carbonyl (C=O) groups is 2. The van der Waals surface area contributed by atoms with Crippen LogP contribution in [0.1, 0.15) is 55.4 Å². The van der Waals surface area contributed by atoms with Gasteiger partial charge in [-0.15, -0.1) is 11.3 Å². The van der Waals surface area contributed by atoms with Gasteiger partial charge in [0.05, 0.1) is 11.7 Å². The Bertz CT molecular complexity index is 1030. The second-order valence-electron chi connectivity index (χ2n) is 8.82. The van der Waals surface area contributed by atoms with Gasteiger partial charge in [-0.05, 0) is 56.9 Å². The number of carbonyl (C=O) groups excluding carboxylic acids is 2. The van der Waals surface area contributed by atoms with Gasteiger partial charge < -0.3 is 10.2 Å². The highest BCUT2D eigenvalue weighted by Crippen LogP contribution is 2.33. The summed E-state index contributed by atoms with van der Waals surface area (Å²) in [5.74, 6) is 0.474. The quantitative estimate of drug-likeness (QED) is 0.792. The Balaban J connectivity index is 1.18. The summed E-state index contributed by atoms with van der Waals surface area (Å²) >= 11 is 1.65. The molecule has 0 atom stereocenters. The van der Waals surface area contributed by atoms with Crippen molar-refractivity contribution < 1.29 is 9.59 Å². The summed E-state index contributed by atoms with van der Waals surface area (Å²) in [6.45, 7) is 1.70. The molecule has 3 aliphatic rings. The number of rotatable bonds is 5. The van der Waals surface area contributed by atoms with Crippen molar-refractivity contribution >= 4 is 33.4 Å². The van der Waals surface area contributed by atoms with E-state index >= 15 is 0 Å². The number of nitrogens with zero attached hydrogens (tertiary/aromatic N) is 3. The zero-order valence-electron chi connectivity index (χ0n) is 17.2. The van der Waals surface area contributed by atoms with Gasteiger partial charge in [0, 0.05) is 42.9 Å². The zero-order valence-corrected chi connectivity index (χ0v) is 18.0. The van der Waals surface area contributed by atoms with Gasteiger partial charge >= 0.3 is 0 Å². The second kappa shape index (κ2) is 8.13. The van der Waals surface area contributed by atoms with Crippen molar-refractivity contribution in [3.8, 4) is 0 Å². The van der Waals surface area contributed by atoms with E-state index in [0.717, 1.165) is 55.2 Å². The third-order valence-electron chi connectivity index (χ3n) is 6.65. The van der Waals surface area contributed by atoms with E-state index in [1.807, 2.05) is 4.90 Å². The molecule has 0 unspecified atom stereocenters. The molecule has 160 valence electrons. The van der Waals surface area contributed by atoms with Gasteiger partial charge in [-0.25, -0.2) is 4.98 Å². The van der Waals surface area contributed by atoms with Crippen LogP contribution in [-0.4, -0.2) is 45.4 Å². The number of hydrogen-bond donors (Lipinski definition) is 1. The summed E-state index contributed by atoms with van der Waals surface area (Å²) in [5, 5.41) is 3.89. The first kappa shape index (κ1) is 19.7. The summed E-state index contributed by atoms with van der Waals surface area (Å²) in [4.78, 5) is 46.1. The first-order valence-electron chi connectivity index (χ1n) is 11.2. The summed E-state index contributed by atoms with van der Waals surface area (Å²) < 4.78 is 1.60. The maximum atomic E-state index is 13.0. The van der Waals surface area contributed by atoms with Crippen molar-refractivity contribution in [3.05, 3.63) is 27.1 Å². The van der Waals surface area contributed by atoms with Crippen molar-refractivity contribution in [2.75, 3.05) is 13.1 Å². The Morgan fingerprint density at radius 1 is 1.13 bits per heavy atom. The molecule has 0 aromatic carbocycles. The van der Waals surface area contributed by atoms with Crippen molar-refractivity contribution in [1.82, 2.24) is 19.8 Å². The number of piperidine rings is 1. The molecule has 2 aromatic rings. The molecule has 2 amide bonds. The Hall–Kier alpha value is -2.22. The van der Waals surface area contributed by atoms with E-state index in [9.17, 15) is 14.4 Å². The highest BCUT2D eigenvalue weighted by Gasteiger charge is 2.32. The summed E-state index contributed by atoms with van der Waals surface area (Å²) in [5.41, 5.74) is 1.18. The molecule has 1 N–H and O–H groups in total. The molecule has 30 heavy (non-hydrogen) atoms. The molecule has 1 aliphatic heterocycles. The minimum atomic E-state index is -0.00584. The van der Waals surface area contributed by atoms with Gasteiger partial charge in [0.1, 0.15) is 4.83 Å². The highest BCUT2D eigenvalue weighted by molar-refractivity contribution is 7.18. The van der Waals surface area contributed by atoms with Crippen LogP contribution in [-0.2, 0) is 29.0 Å². The van der Waals surface area contributed by atoms with Crippen LogP contribution in [0.15, 0.2) is 11.1 Å². The minimum absolute atomic E-state index is 0.00584. The molecule has 8 heteroatoms. The van der Waals surface area contributed by atoms with Crippen LogP contribution in [0.25, 0.3) is 10.2 Å². The van der Waals surface area contributed by atoms with Gasteiger partial charge in [0.2, 0.25) is 11.8 Å². The molecular formula is C22H28N4O3S.